The van der Waals surface area contributed by atoms with Crippen LogP contribution in [-0.2, 0) is 38.5 Å². The molecule has 0 aliphatic carbocycles. The quantitative estimate of drug-likeness (QED) is 0.0670. The molecule has 252 valence electrons. The Labute approximate surface area is 287 Å². The predicted molar refractivity (Wildman–Crippen MR) is 206 cm³/mol. The zero-order valence-corrected chi connectivity index (χ0v) is 29.7. The average molecular weight is 631 g/mol. The van der Waals surface area contributed by atoms with E-state index in [1.165, 1.54) is 143 Å². The van der Waals surface area contributed by atoms with E-state index >= 15 is 0 Å². The first kappa shape index (κ1) is 36.3. The summed E-state index contributed by atoms with van der Waals surface area (Å²) in [5.41, 5.74) is 25.3. The lowest BCUT2D eigenvalue weighted by molar-refractivity contribution is 0.579. The Kier molecular flexibility index (Phi) is 16.0. The van der Waals surface area contributed by atoms with E-state index in [2.05, 4.69) is 74.5 Å². The van der Waals surface area contributed by atoms with Crippen molar-refractivity contribution in [1.29, 1.82) is 0 Å². The van der Waals surface area contributed by atoms with Gasteiger partial charge in [0.05, 0.1) is 0 Å². The molecule has 4 rings (SSSR count). The maximum Gasteiger partial charge on any atom is 0.0314 e. The molecule has 0 aliphatic heterocycles. The minimum absolute atomic E-state index is 0.840. The SMILES string of the molecule is CCCCCc1cc(CCCCCCCCCc2ccc(Cc3ccc(N)cc3)c(CCCCC)c2)ccc1Cc1ccc(N)cc1. The number of hydrogen-bond donors (Lipinski definition) is 2. The summed E-state index contributed by atoms with van der Waals surface area (Å²) in [6.45, 7) is 4.58. The van der Waals surface area contributed by atoms with Crippen LogP contribution in [-0.4, -0.2) is 0 Å². The Morgan fingerprint density at radius 1 is 0.340 bits per heavy atom. The molecule has 0 atom stereocenters. The van der Waals surface area contributed by atoms with Gasteiger partial charge in [-0.05, 0) is 133 Å². The van der Waals surface area contributed by atoms with Crippen molar-refractivity contribution in [3.63, 3.8) is 0 Å². The Morgan fingerprint density at radius 3 is 1.06 bits per heavy atom. The van der Waals surface area contributed by atoms with Crippen molar-refractivity contribution >= 4 is 11.4 Å². The van der Waals surface area contributed by atoms with Crippen molar-refractivity contribution in [1.82, 2.24) is 0 Å². The van der Waals surface area contributed by atoms with Gasteiger partial charge < -0.3 is 11.5 Å². The van der Waals surface area contributed by atoms with E-state index in [0.29, 0.717) is 0 Å². The Morgan fingerprint density at radius 2 is 0.681 bits per heavy atom. The number of nitrogens with two attached hydrogens (primary N) is 2. The monoisotopic (exact) mass is 630 g/mol. The number of hydrogen-bond acceptors (Lipinski definition) is 2. The van der Waals surface area contributed by atoms with E-state index in [1.54, 1.807) is 11.1 Å². The number of anilines is 2. The van der Waals surface area contributed by atoms with Gasteiger partial charge in [-0.3, -0.25) is 0 Å². The molecule has 0 radical (unpaired) electrons. The second-order valence-corrected chi connectivity index (χ2v) is 13.9. The zero-order chi connectivity index (χ0) is 33.1. The molecule has 0 amide bonds. The van der Waals surface area contributed by atoms with Gasteiger partial charge in [0, 0.05) is 11.4 Å². The molecule has 0 aliphatic rings. The lowest BCUT2D eigenvalue weighted by Gasteiger charge is -2.13. The van der Waals surface area contributed by atoms with E-state index in [4.69, 9.17) is 11.5 Å². The molecule has 4 aromatic carbocycles. The van der Waals surface area contributed by atoms with Crippen LogP contribution in [0, 0.1) is 0 Å². The van der Waals surface area contributed by atoms with Crippen LogP contribution in [0.5, 0.6) is 0 Å². The van der Waals surface area contributed by atoms with Gasteiger partial charge in [-0.1, -0.05) is 132 Å². The van der Waals surface area contributed by atoms with Crippen molar-refractivity contribution < 1.29 is 0 Å². The van der Waals surface area contributed by atoms with Crippen LogP contribution in [0.2, 0.25) is 0 Å². The van der Waals surface area contributed by atoms with E-state index in [1.807, 2.05) is 24.3 Å². The van der Waals surface area contributed by atoms with Gasteiger partial charge in [-0.25, -0.2) is 0 Å². The van der Waals surface area contributed by atoms with Crippen molar-refractivity contribution in [2.45, 2.75) is 136 Å². The van der Waals surface area contributed by atoms with Crippen LogP contribution in [0.4, 0.5) is 11.4 Å². The summed E-state index contributed by atoms with van der Waals surface area (Å²) in [6.07, 6.45) is 23.9. The van der Waals surface area contributed by atoms with Crippen LogP contribution in [0.1, 0.15) is 142 Å². The van der Waals surface area contributed by atoms with Crippen molar-refractivity contribution in [3.8, 4) is 0 Å². The number of rotatable bonds is 22. The summed E-state index contributed by atoms with van der Waals surface area (Å²) < 4.78 is 0. The Balaban J connectivity index is 1.16. The van der Waals surface area contributed by atoms with Gasteiger partial charge in [0.1, 0.15) is 0 Å². The number of nitrogen functional groups attached to an aromatic ring is 2. The van der Waals surface area contributed by atoms with Crippen molar-refractivity contribution in [2.24, 2.45) is 0 Å². The third-order valence-corrected chi connectivity index (χ3v) is 9.82. The highest BCUT2D eigenvalue weighted by Crippen LogP contribution is 2.23. The zero-order valence-electron chi connectivity index (χ0n) is 29.7. The number of aryl methyl sites for hydroxylation is 4. The van der Waals surface area contributed by atoms with Gasteiger partial charge in [0.25, 0.3) is 0 Å². The lowest BCUT2D eigenvalue weighted by atomic mass is 9.92. The topological polar surface area (TPSA) is 52.0 Å². The highest BCUT2D eigenvalue weighted by Gasteiger charge is 2.08. The molecule has 47 heavy (non-hydrogen) atoms. The molecule has 2 heteroatoms. The standard InChI is InChI=1S/C45H62N2/c1-3-5-12-18-40-32-36(20-26-42(40)34-38-22-28-44(46)29-23-38)16-14-10-8-7-9-11-15-17-37-21-27-43(41(33-37)19-13-6-4-2)35-39-24-30-45(47)31-25-39/h20-33H,3-19,34-35,46-47H2,1-2H3. The maximum atomic E-state index is 5.91. The lowest BCUT2D eigenvalue weighted by Crippen LogP contribution is -1.99. The minimum Gasteiger partial charge on any atom is -0.399 e. The van der Waals surface area contributed by atoms with Crippen LogP contribution in [0.3, 0.4) is 0 Å². The molecular weight excluding hydrogens is 569 g/mol. The summed E-state index contributed by atoms with van der Waals surface area (Å²) in [5, 5.41) is 0. The van der Waals surface area contributed by atoms with E-state index in [9.17, 15) is 0 Å². The molecule has 0 aromatic heterocycles. The van der Waals surface area contributed by atoms with Gasteiger partial charge in [0.2, 0.25) is 0 Å². The third kappa shape index (κ3) is 13.3. The van der Waals surface area contributed by atoms with Crippen molar-refractivity contribution in [3.05, 3.63) is 129 Å². The van der Waals surface area contributed by atoms with Crippen LogP contribution in [0.25, 0.3) is 0 Å². The highest BCUT2D eigenvalue weighted by atomic mass is 14.5. The fourth-order valence-electron chi connectivity index (χ4n) is 6.86. The fraction of sp³-hybridized carbons (Fsp3) is 0.467. The molecule has 4 N–H and O–H groups in total. The summed E-state index contributed by atoms with van der Waals surface area (Å²) in [7, 11) is 0. The largest absolute Gasteiger partial charge is 0.399 e. The molecule has 0 saturated heterocycles. The fourth-order valence-corrected chi connectivity index (χ4v) is 6.86. The summed E-state index contributed by atoms with van der Waals surface area (Å²) in [4.78, 5) is 0. The van der Waals surface area contributed by atoms with Crippen LogP contribution >= 0.6 is 0 Å². The van der Waals surface area contributed by atoms with Gasteiger partial charge in [-0.2, -0.15) is 0 Å². The van der Waals surface area contributed by atoms with Crippen LogP contribution < -0.4 is 11.5 Å². The Hall–Kier alpha value is -3.52. The molecule has 4 aromatic rings. The maximum absolute atomic E-state index is 5.91. The molecular formula is C45H62N2. The first-order chi connectivity index (χ1) is 23.0. The molecule has 0 unspecified atom stereocenters. The smallest absolute Gasteiger partial charge is 0.0314 e. The average Bonchev–Trinajstić information content (AvgIpc) is 3.08. The molecule has 0 spiro atoms. The van der Waals surface area contributed by atoms with E-state index in [0.717, 1.165) is 24.2 Å². The second kappa shape index (κ2) is 20.7. The summed E-state index contributed by atoms with van der Waals surface area (Å²) in [5.74, 6) is 0. The van der Waals surface area contributed by atoms with E-state index in [-0.39, 0.29) is 0 Å². The number of unbranched alkanes of at least 4 members (excludes halogenated alkanes) is 10. The van der Waals surface area contributed by atoms with Gasteiger partial charge >= 0.3 is 0 Å². The first-order valence-electron chi connectivity index (χ1n) is 18.9. The molecule has 2 nitrogen and oxygen atoms in total. The minimum atomic E-state index is 0.840. The molecule has 0 saturated carbocycles. The van der Waals surface area contributed by atoms with Crippen LogP contribution in [0.15, 0.2) is 84.9 Å². The molecule has 0 fully saturated rings. The highest BCUT2D eigenvalue weighted by molar-refractivity contribution is 5.43. The van der Waals surface area contributed by atoms with Crippen molar-refractivity contribution in [2.75, 3.05) is 11.5 Å². The Bertz CT molecular complexity index is 1320. The van der Waals surface area contributed by atoms with Gasteiger partial charge in [0.15, 0.2) is 0 Å². The second-order valence-electron chi connectivity index (χ2n) is 13.9. The summed E-state index contributed by atoms with van der Waals surface area (Å²) in [6, 6.07) is 31.4. The van der Waals surface area contributed by atoms with E-state index < -0.39 is 0 Å². The van der Waals surface area contributed by atoms with Gasteiger partial charge in [-0.15, -0.1) is 0 Å². The molecule has 0 heterocycles. The third-order valence-electron chi connectivity index (χ3n) is 9.82. The number of benzene rings is 4. The molecule has 0 bridgehead atoms. The first-order valence-corrected chi connectivity index (χ1v) is 18.9. The normalized spacial score (nSPS) is 11.3. The predicted octanol–water partition coefficient (Wildman–Crippen LogP) is 12.0. The summed E-state index contributed by atoms with van der Waals surface area (Å²) >= 11 is 0.